The Labute approximate surface area is 178 Å². The van der Waals surface area contributed by atoms with Crippen LogP contribution in [-0.4, -0.2) is 38.3 Å². The van der Waals surface area contributed by atoms with E-state index >= 15 is 0 Å². The fourth-order valence-corrected chi connectivity index (χ4v) is 3.95. The maximum atomic E-state index is 6.02. The maximum absolute atomic E-state index is 6.02. The zero-order valence-corrected chi connectivity index (χ0v) is 17.5. The van der Waals surface area contributed by atoms with E-state index in [1.54, 1.807) is 25.1 Å². The number of rotatable bonds is 8. The van der Waals surface area contributed by atoms with Crippen molar-refractivity contribution >= 4 is 23.4 Å². The van der Waals surface area contributed by atoms with E-state index in [-0.39, 0.29) is 0 Å². The molecule has 0 saturated carbocycles. The second-order valence-corrected chi connectivity index (χ2v) is 7.74. The molecule has 0 aliphatic heterocycles. The molecule has 2 heterocycles. The SMILES string of the molecule is COCCn1c(SCc2ccc(-n3cccn3)cc2)nnc1-c1ccc(Cl)cc1. The lowest BCUT2D eigenvalue weighted by Crippen LogP contribution is -2.07. The van der Waals surface area contributed by atoms with Crippen LogP contribution in [0.2, 0.25) is 5.02 Å². The van der Waals surface area contributed by atoms with Crippen molar-refractivity contribution in [3.8, 4) is 17.1 Å². The zero-order valence-electron chi connectivity index (χ0n) is 15.9. The van der Waals surface area contributed by atoms with Crippen LogP contribution in [0.25, 0.3) is 17.1 Å². The summed E-state index contributed by atoms with van der Waals surface area (Å²) in [6.45, 7) is 1.27. The van der Waals surface area contributed by atoms with Gasteiger partial charge >= 0.3 is 0 Å². The molecule has 2 aromatic heterocycles. The summed E-state index contributed by atoms with van der Waals surface area (Å²) in [6.07, 6.45) is 3.70. The summed E-state index contributed by atoms with van der Waals surface area (Å²) in [5.74, 6) is 1.61. The Morgan fingerprint density at radius 2 is 1.83 bits per heavy atom. The monoisotopic (exact) mass is 425 g/mol. The van der Waals surface area contributed by atoms with E-state index in [1.165, 1.54) is 5.56 Å². The molecular formula is C21H20ClN5OS. The van der Waals surface area contributed by atoms with Crippen LogP contribution in [0.5, 0.6) is 0 Å². The maximum Gasteiger partial charge on any atom is 0.191 e. The van der Waals surface area contributed by atoms with Gasteiger partial charge in [0.2, 0.25) is 0 Å². The fraction of sp³-hybridized carbons (Fsp3) is 0.190. The number of methoxy groups -OCH3 is 1. The molecule has 0 amide bonds. The average Bonchev–Trinajstić information content (AvgIpc) is 3.42. The first-order chi connectivity index (χ1) is 14.2. The minimum absolute atomic E-state index is 0.588. The third kappa shape index (κ3) is 4.70. The van der Waals surface area contributed by atoms with Crippen molar-refractivity contribution in [1.82, 2.24) is 24.5 Å². The Morgan fingerprint density at radius 1 is 1.03 bits per heavy atom. The molecule has 0 N–H and O–H groups in total. The van der Waals surface area contributed by atoms with Gasteiger partial charge in [-0.05, 0) is 48.0 Å². The lowest BCUT2D eigenvalue weighted by atomic mass is 10.2. The molecule has 0 bridgehead atoms. The van der Waals surface area contributed by atoms with Gasteiger partial charge in [-0.25, -0.2) is 4.68 Å². The van der Waals surface area contributed by atoms with E-state index in [0.29, 0.717) is 18.2 Å². The fourth-order valence-electron chi connectivity index (χ4n) is 2.91. The largest absolute Gasteiger partial charge is 0.383 e. The smallest absolute Gasteiger partial charge is 0.191 e. The Balaban J connectivity index is 1.51. The highest BCUT2D eigenvalue weighted by Gasteiger charge is 2.14. The Morgan fingerprint density at radius 3 is 2.52 bits per heavy atom. The van der Waals surface area contributed by atoms with Crippen molar-refractivity contribution in [3.63, 3.8) is 0 Å². The van der Waals surface area contributed by atoms with Crippen molar-refractivity contribution in [2.75, 3.05) is 13.7 Å². The number of hydrogen-bond donors (Lipinski definition) is 0. The van der Waals surface area contributed by atoms with Crippen LogP contribution < -0.4 is 0 Å². The van der Waals surface area contributed by atoms with Crippen LogP contribution in [0.4, 0.5) is 0 Å². The van der Waals surface area contributed by atoms with E-state index in [0.717, 1.165) is 28.0 Å². The Hall–Kier alpha value is -2.61. The minimum Gasteiger partial charge on any atom is -0.383 e. The second-order valence-electron chi connectivity index (χ2n) is 6.36. The predicted octanol–water partition coefficient (Wildman–Crippen LogP) is 4.72. The van der Waals surface area contributed by atoms with Gasteiger partial charge in [-0.15, -0.1) is 10.2 Å². The van der Waals surface area contributed by atoms with Gasteiger partial charge in [-0.1, -0.05) is 35.5 Å². The van der Waals surface area contributed by atoms with Crippen LogP contribution >= 0.6 is 23.4 Å². The molecule has 0 atom stereocenters. The summed E-state index contributed by atoms with van der Waals surface area (Å²) in [4.78, 5) is 0. The van der Waals surface area contributed by atoms with E-state index in [4.69, 9.17) is 16.3 Å². The minimum atomic E-state index is 0.588. The van der Waals surface area contributed by atoms with Gasteiger partial charge in [0.25, 0.3) is 0 Å². The number of ether oxygens (including phenoxy) is 1. The lowest BCUT2D eigenvalue weighted by molar-refractivity contribution is 0.185. The number of nitrogens with zero attached hydrogens (tertiary/aromatic N) is 5. The van der Waals surface area contributed by atoms with Crippen molar-refractivity contribution in [2.45, 2.75) is 17.5 Å². The van der Waals surface area contributed by atoms with Crippen LogP contribution in [0.1, 0.15) is 5.56 Å². The first kappa shape index (κ1) is 19.7. The molecule has 0 aliphatic rings. The van der Waals surface area contributed by atoms with Gasteiger partial charge in [-0.3, -0.25) is 4.57 Å². The molecule has 4 aromatic rings. The molecule has 148 valence electrons. The molecule has 2 aromatic carbocycles. The van der Waals surface area contributed by atoms with E-state index in [2.05, 4.69) is 44.1 Å². The molecule has 0 aliphatic carbocycles. The van der Waals surface area contributed by atoms with E-state index < -0.39 is 0 Å². The summed E-state index contributed by atoms with van der Waals surface area (Å²) in [5, 5.41) is 14.6. The normalized spacial score (nSPS) is 11.1. The molecule has 0 saturated heterocycles. The topological polar surface area (TPSA) is 57.8 Å². The number of hydrogen-bond acceptors (Lipinski definition) is 5. The molecule has 29 heavy (non-hydrogen) atoms. The third-order valence-corrected chi connectivity index (χ3v) is 5.70. The highest BCUT2D eigenvalue weighted by Crippen LogP contribution is 2.27. The van der Waals surface area contributed by atoms with Gasteiger partial charge in [0.1, 0.15) is 0 Å². The van der Waals surface area contributed by atoms with E-state index in [1.807, 2.05) is 41.2 Å². The lowest BCUT2D eigenvalue weighted by Gasteiger charge is -2.10. The summed E-state index contributed by atoms with van der Waals surface area (Å²) in [5.41, 5.74) is 3.23. The Kier molecular flexibility index (Phi) is 6.29. The number of benzene rings is 2. The highest BCUT2D eigenvalue weighted by molar-refractivity contribution is 7.98. The first-order valence-electron chi connectivity index (χ1n) is 9.14. The van der Waals surface area contributed by atoms with E-state index in [9.17, 15) is 0 Å². The van der Waals surface area contributed by atoms with Gasteiger partial charge in [0.05, 0.1) is 18.8 Å². The van der Waals surface area contributed by atoms with Gasteiger partial charge in [0.15, 0.2) is 11.0 Å². The van der Waals surface area contributed by atoms with Gasteiger partial charge in [-0.2, -0.15) is 5.10 Å². The van der Waals surface area contributed by atoms with Crippen molar-refractivity contribution in [3.05, 3.63) is 77.6 Å². The molecule has 8 heteroatoms. The standard InChI is InChI=1S/C21H20ClN5OS/c1-28-14-13-26-20(17-5-7-18(22)8-6-17)24-25-21(26)29-15-16-3-9-19(10-4-16)27-12-2-11-23-27/h2-12H,13-15H2,1H3. The molecule has 0 radical (unpaired) electrons. The third-order valence-electron chi connectivity index (χ3n) is 4.41. The summed E-state index contributed by atoms with van der Waals surface area (Å²) < 4.78 is 9.21. The average molecular weight is 426 g/mol. The molecule has 0 fully saturated rings. The summed E-state index contributed by atoms with van der Waals surface area (Å²) in [6, 6.07) is 17.9. The molecule has 0 spiro atoms. The molecule has 6 nitrogen and oxygen atoms in total. The summed E-state index contributed by atoms with van der Waals surface area (Å²) >= 11 is 7.67. The zero-order chi connectivity index (χ0) is 20.1. The van der Waals surface area contributed by atoms with Gasteiger partial charge in [0, 0.05) is 35.8 Å². The highest BCUT2D eigenvalue weighted by atomic mass is 35.5. The summed E-state index contributed by atoms with van der Waals surface area (Å²) in [7, 11) is 1.69. The molecule has 0 unspecified atom stereocenters. The van der Waals surface area contributed by atoms with Crippen LogP contribution in [0.3, 0.4) is 0 Å². The van der Waals surface area contributed by atoms with Crippen molar-refractivity contribution in [1.29, 1.82) is 0 Å². The molecule has 4 rings (SSSR count). The van der Waals surface area contributed by atoms with Crippen molar-refractivity contribution in [2.24, 2.45) is 0 Å². The second kappa shape index (κ2) is 9.26. The van der Waals surface area contributed by atoms with Crippen molar-refractivity contribution < 1.29 is 4.74 Å². The van der Waals surface area contributed by atoms with Gasteiger partial charge < -0.3 is 4.74 Å². The van der Waals surface area contributed by atoms with Crippen LogP contribution in [0.15, 0.2) is 72.1 Å². The predicted molar refractivity (Wildman–Crippen MR) is 115 cm³/mol. The van der Waals surface area contributed by atoms with Crippen LogP contribution in [-0.2, 0) is 17.0 Å². The first-order valence-corrected chi connectivity index (χ1v) is 10.5. The molecular weight excluding hydrogens is 406 g/mol. The Bertz CT molecular complexity index is 1050. The number of thioether (sulfide) groups is 1. The quantitative estimate of drug-likeness (QED) is 0.382. The number of halogens is 1. The number of aromatic nitrogens is 5. The van der Waals surface area contributed by atoms with Crippen LogP contribution in [0, 0.1) is 0 Å².